The van der Waals surface area contributed by atoms with Gasteiger partial charge in [-0.3, -0.25) is 5.84 Å². The van der Waals surface area contributed by atoms with E-state index in [2.05, 4.69) is 12.1 Å². The summed E-state index contributed by atoms with van der Waals surface area (Å²) in [4.78, 5) is 0. The summed E-state index contributed by atoms with van der Waals surface area (Å²) in [5, 5.41) is 1.80. The molecule has 0 aliphatic carbocycles. The van der Waals surface area contributed by atoms with E-state index >= 15 is 0 Å². The second kappa shape index (κ2) is 3.87. The molecule has 0 bridgehead atoms. The number of hydrazine groups is 1. The van der Waals surface area contributed by atoms with Gasteiger partial charge in [-0.15, -0.1) is 0 Å². The van der Waals surface area contributed by atoms with Crippen LogP contribution in [0.1, 0.15) is 5.56 Å². The lowest BCUT2D eigenvalue weighted by Crippen LogP contribution is -2.33. The number of epoxide rings is 1. The van der Waals surface area contributed by atoms with E-state index in [9.17, 15) is 0 Å². The Morgan fingerprint density at radius 2 is 2.08 bits per heavy atom. The van der Waals surface area contributed by atoms with Gasteiger partial charge in [-0.1, -0.05) is 30.3 Å². The van der Waals surface area contributed by atoms with Crippen molar-refractivity contribution in [1.82, 2.24) is 5.01 Å². The highest BCUT2D eigenvalue weighted by molar-refractivity contribution is 5.14. The number of hydrogen-bond acceptors (Lipinski definition) is 3. The number of benzene rings is 1. The fourth-order valence-corrected chi connectivity index (χ4v) is 1.32. The largest absolute Gasteiger partial charge is 0.372 e. The molecule has 3 heteroatoms. The first-order valence-corrected chi connectivity index (χ1v) is 4.50. The van der Waals surface area contributed by atoms with Crippen molar-refractivity contribution in [3.8, 4) is 0 Å². The van der Waals surface area contributed by atoms with Crippen LogP contribution in [0.3, 0.4) is 0 Å². The Bertz CT molecular complexity index is 259. The van der Waals surface area contributed by atoms with Crippen molar-refractivity contribution in [1.29, 1.82) is 0 Å². The van der Waals surface area contributed by atoms with Crippen molar-refractivity contribution in [3.63, 3.8) is 0 Å². The lowest BCUT2D eigenvalue weighted by molar-refractivity contribution is 0.240. The Morgan fingerprint density at radius 1 is 1.38 bits per heavy atom. The van der Waals surface area contributed by atoms with E-state index in [4.69, 9.17) is 10.6 Å². The highest BCUT2D eigenvalue weighted by Crippen LogP contribution is 2.10. The van der Waals surface area contributed by atoms with Crippen LogP contribution in [0.15, 0.2) is 30.3 Å². The van der Waals surface area contributed by atoms with E-state index in [1.54, 1.807) is 5.01 Å². The zero-order valence-electron chi connectivity index (χ0n) is 7.52. The Labute approximate surface area is 78.1 Å². The van der Waals surface area contributed by atoms with E-state index in [0.29, 0.717) is 6.10 Å². The Hall–Kier alpha value is -0.900. The minimum Gasteiger partial charge on any atom is -0.372 e. The standard InChI is InChI=1S/C10H14N2O/c11-12(7-10-8-13-10)6-9-4-2-1-3-5-9/h1-5,10H,6-8,11H2. The topological polar surface area (TPSA) is 41.8 Å². The van der Waals surface area contributed by atoms with Gasteiger partial charge in [0, 0.05) is 13.1 Å². The first-order chi connectivity index (χ1) is 6.34. The van der Waals surface area contributed by atoms with E-state index in [-0.39, 0.29) is 0 Å². The van der Waals surface area contributed by atoms with Gasteiger partial charge in [-0.25, -0.2) is 5.01 Å². The van der Waals surface area contributed by atoms with Gasteiger partial charge < -0.3 is 4.74 Å². The molecule has 1 fully saturated rings. The van der Waals surface area contributed by atoms with Crippen molar-refractivity contribution >= 4 is 0 Å². The summed E-state index contributed by atoms with van der Waals surface area (Å²) < 4.78 is 5.10. The van der Waals surface area contributed by atoms with Crippen LogP contribution in [0, 0.1) is 0 Å². The number of nitrogens with two attached hydrogens (primary N) is 1. The highest BCUT2D eigenvalue weighted by Gasteiger charge is 2.24. The smallest absolute Gasteiger partial charge is 0.0950 e. The van der Waals surface area contributed by atoms with Crippen LogP contribution in [0.2, 0.25) is 0 Å². The molecular formula is C10H14N2O. The molecule has 1 atom stereocenters. The fourth-order valence-electron chi connectivity index (χ4n) is 1.32. The molecule has 1 aromatic rings. The van der Waals surface area contributed by atoms with Crippen LogP contribution in [0.5, 0.6) is 0 Å². The quantitative estimate of drug-likeness (QED) is 0.420. The van der Waals surface area contributed by atoms with Gasteiger partial charge in [0.1, 0.15) is 0 Å². The molecule has 1 heterocycles. The number of hydrogen-bond donors (Lipinski definition) is 1. The SMILES string of the molecule is NN(Cc1ccccc1)CC1CO1. The van der Waals surface area contributed by atoms with Gasteiger partial charge >= 0.3 is 0 Å². The van der Waals surface area contributed by atoms with Gasteiger partial charge in [0.05, 0.1) is 12.7 Å². The van der Waals surface area contributed by atoms with Crippen LogP contribution in [-0.2, 0) is 11.3 Å². The molecule has 70 valence electrons. The molecule has 3 nitrogen and oxygen atoms in total. The maximum atomic E-state index is 5.80. The average Bonchev–Trinajstić information content (AvgIpc) is 2.90. The normalized spacial score (nSPS) is 20.6. The molecule has 13 heavy (non-hydrogen) atoms. The van der Waals surface area contributed by atoms with Gasteiger partial charge in [0.2, 0.25) is 0 Å². The second-order valence-electron chi connectivity index (χ2n) is 3.37. The molecule has 2 rings (SSSR count). The molecule has 1 unspecified atom stereocenters. The average molecular weight is 178 g/mol. The minimum absolute atomic E-state index is 0.369. The number of nitrogens with zero attached hydrogens (tertiary/aromatic N) is 1. The summed E-state index contributed by atoms with van der Waals surface area (Å²) in [7, 11) is 0. The van der Waals surface area contributed by atoms with Crippen molar-refractivity contribution in [2.45, 2.75) is 12.6 Å². The molecule has 0 radical (unpaired) electrons. The van der Waals surface area contributed by atoms with Crippen LogP contribution in [-0.4, -0.2) is 24.3 Å². The Kier molecular flexibility index (Phi) is 2.59. The van der Waals surface area contributed by atoms with Gasteiger partial charge in [0.15, 0.2) is 0 Å². The van der Waals surface area contributed by atoms with Crippen molar-refractivity contribution < 1.29 is 4.74 Å². The van der Waals surface area contributed by atoms with Crippen LogP contribution < -0.4 is 5.84 Å². The maximum Gasteiger partial charge on any atom is 0.0950 e. The zero-order valence-corrected chi connectivity index (χ0v) is 7.52. The summed E-state index contributed by atoms with van der Waals surface area (Å²) in [6.07, 6.45) is 0.369. The second-order valence-corrected chi connectivity index (χ2v) is 3.37. The third kappa shape index (κ3) is 2.81. The van der Waals surface area contributed by atoms with Gasteiger partial charge in [0.25, 0.3) is 0 Å². The number of rotatable bonds is 4. The third-order valence-electron chi connectivity index (χ3n) is 2.07. The molecule has 2 N–H and O–H groups in total. The highest BCUT2D eigenvalue weighted by atomic mass is 16.6. The lowest BCUT2D eigenvalue weighted by Gasteiger charge is -2.14. The maximum absolute atomic E-state index is 5.80. The van der Waals surface area contributed by atoms with Gasteiger partial charge in [-0.05, 0) is 5.56 Å². The summed E-state index contributed by atoms with van der Waals surface area (Å²) in [5.74, 6) is 5.80. The number of ether oxygens (including phenoxy) is 1. The van der Waals surface area contributed by atoms with Crippen LogP contribution >= 0.6 is 0 Å². The Balaban J connectivity index is 1.82. The van der Waals surface area contributed by atoms with E-state index in [1.165, 1.54) is 5.56 Å². The summed E-state index contributed by atoms with van der Waals surface area (Å²) in [5.41, 5.74) is 1.24. The first-order valence-electron chi connectivity index (χ1n) is 4.50. The molecule has 0 amide bonds. The predicted molar refractivity (Wildman–Crippen MR) is 50.8 cm³/mol. The minimum atomic E-state index is 0.369. The molecule has 0 saturated carbocycles. The van der Waals surface area contributed by atoms with E-state index in [0.717, 1.165) is 19.7 Å². The first kappa shape index (κ1) is 8.69. The van der Waals surface area contributed by atoms with Crippen molar-refractivity contribution in [2.75, 3.05) is 13.2 Å². The molecule has 1 aromatic carbocycles. The van der Waals surface area contributed by atoms with E-state index in [1.807, 2.05) is 18.2 Å². The van der Waals surface area contributed by atoms with Crippen molar-refractivity contribution in [2.24, 2.45) is 5.84 Å². The summed E-state index contributed by atoms with van der Waals surface area (Å²) in [6, 6.07) is 10.2. The Morgan fingerprint density at radius 3 is 2.69 bits per heavy atom. The van der Waals surface area contributed by atoms with Gasteiger partial charge in [-0.2, -0.15) is 0 Å². The summed E-state index contributed by atoms with van der Waals surface area (Å²) >= 11 is 0. The summed E-state index contributed by atoms with van der Waals surface area (Å²) in [6.45, 7) is 2.48. The van der Waals surface area contributed by atoms with E-state index < -0.39 is 0 Å². The molecule has 1 aliphatic rings. The van der Waals surface area contributed by atoms with Crippen LogP contribution in [0.25, 0.3) is 0 Å². The predicted octanol–water partition coefficient (Wildman–Crippen LogP) is 0.761. The molecule has 1 aliphatic heterocycles. The zero-order chi connectivity index (χ0) is 9.10. The molecule has 0 aromatic heterocycles. The monoisotopic (exact) mass is 178 g/mol. The molecule has 1 saturated heterocycles. The fraction of sp³-hybridized carbons (Fsp3) is 0.400. The van der Waals surface area contributed by atoms with Crippen LogP contribution in [0.4, 0.5) is 0 Å². The lowest BCUT2D eigenvalue weighted by atomic mass is 10.2. The third-order valence-corrected chi connectivity index (χ3v) is 2.07. The van der Waals surface area contributed by atoms with Crippen molar-refractivity contribution in [3.05, 3.63) is 35.9 Å². The molecule has 0 spiro atoms. The molecular weight excluding hydrogens is 164 g/mol.